The molecule has 0 radical (unpaired) electrons. The lowest BCUT2D eigenvalue weighted by molar-refractivity contribution is -0.124. The van der Waals surface area contributed by atoms with E-state index in [1.165, 1.54) is 4.67 Å². The summed E-state index contributed by atoms with van der Waals surface area (Å²) in [6.07, 6.45) is 1.37. The maximum atomic E-state index is 10.7. The van der Waals surface area contributed by atoms with Crippen LogP contribution < -0.4 is 0 Å². The van der Waals surface area contributed by atoms with E-state index in [0.717, 1.165) is 6.42 Å². The van der Waals surface area contributed by atoms with Crippen LogP contribution >= 0.6 is 9.39 Å². The number of hydrogen-bond donors (Lipinski definition) is 1. The molecule has 2 unspecified atom stereocenters. The molecule has 4 heteroatoms. The molecule has 1 N–H and O–H groups in total. The average molecular weight is 147 g/mol. The van der Waals surface area contributed by atoms with E-state index < -0.39 is 0 Å². The lowest BCUT2D eigenvalue weighted by Crippen LogP contribution is -2.25. The van der Waals surface area contributed by atoms with Gasteiger partial charge >= 0.3 is 0 Å². The molecule has 1 amide bonds. The Bertz CT molecular complexity index is 128. The smallest absolute Gasteiger partial charge is 0.225 e. The highest BCUT2D eigenvalue weighted by Gasteiger charge is 2.26. The third-order valence-corrected chi connectivity index (χ3v) is 2.29. The summed E-state index contributed by atoms with van der Waals surface area (Å²) >= 11 is 0. The topological polar surface area (TPSA) is 40.5 Å². The van der Waals surface area contributed by atoms with Gasteiger partial charge in [-0.25, -0.2) is 0 Å². The molecule has 0 saturated carbocycles. The van der Waals surface area contributed by atoms with Gasteiger partial charge in [-0.05, 0) is 15.8 Å². The summed E-state index contributed by atoms with van der Waals surface area (Å²) in [5.41, 5.74) is 0. The Morgan fingerprint density at radius 2 is 2.56 bits per heavy atom. The molecule has 0 bridgehead atoms. The predicted molar refractivity (Wildman–Crippen MR) is 36.7 cm³/mol. The van der Waals surface area contributed by atoms with E-state index in [0.29, 0.717) is 6.42 Å². The van der Waals surface area contributed by atoms with Crippen LogP contribution in [-0.2, 0) is 4.79 Å². The average Bonchev–Trinajstić information content (AvgIpc) is 2.15. The molecule has 0 aromatic rings. The Morgan fingerprint density at radius 3 is 2.78 bits per heavy atom. The normalized spacial score (nSPS) is 27.6. The van der Waals surface area contributed by atoms with Gasteiger partial charge in [-0.1, -0.05) is 0 Å². The molecule has 0 aromatic heterocycles. The second kappa shape index (κ2) is 2.63. The molecule has 0 spiro atoms. The van der Waals surface area contributed by atoms with Gasteiger partial charge in [-0.3, -0.25) is 4.79 Å². The van der Waals surface area contributed by atoms with Crippen molar-refractivity contribution < 1.29 is 9.90 Å². The van der Waals surface area contributed by atoms with Crippen molar-refractivity contribution in [2.45, 2.75) is 18.9 Å². The van der Waals surface area contributed by atoms with E-state index >= 15 is 0 Å². The quantitative estimate of drug-likeness (QED) is 0.520. The fraction of sp³-hybridized carbons (Fsp3) is 0.800. The summed E-state index contributed by atoms with van der Waals surface area (Å²) in [5, 5.41) is 8.65. The van der Waals surface area contributed by atoms with Crippen molar-refractivity contribution in [2.24, 2.45) is 0 Å². The van der Waals surface area contributed by atoms with Gasteiger partial charge < -0.3 is 9.78 Å². The van der Waals surface area contributed by atoms with Gasteiger partial charge in [0.25, 0.3) is 0 Å². The number of hydrogen-bond acceptors (Lipinski definition) is 2. The third-order valence-electron chi connectivity index (χ3n) is 1.58. The van der Waals surface area contributed by atoms with Gasteiger partial charge in [0.05, 0.1) is 12.6 Å². The van der Waals surface area contributed by atoms with Gasteiger partial charge in [0.2, 0.25) is 5.91 Å². The van der Waals surface area contributed by atoms with Gasteiger partial charge in [0, 0.05) is 6.42 Å². The molecule has 3 nitrogen and oxygen atoms in total. The van der Waals surface area contributed by atoms with Crippen molar-refractivity contribution in [3.63, 3.8) is 0 Å². The molecule has 1 aliphatic heterocycles. The summed E-state index contributed by atoms with van der Waals surface area (Å²) in [6, 6.07) is 0.0440. The minimum absolute atomic E-state index is 0.0440. The molecule has 0 aliphatic carbocycles. The lowest BCUT2D eigenvalue weighted by atomic mass is 10.2. The highest BCUT2D eigenvalue weighted by Crippen LogP contribution is 2.21. The van der Waals surface area contributed by atoms with Gasteiger partial charge in [-0.2, -0.15) is 0 Å². The third kappa shape index (κ3) is 1.22. The molecule has 1 saturated heterocycles. The molecule has 9 heavy (non-hydrogen) atoms. The zero-order chi connectivity index (χ0) is 6.85. The first-order valence-corrected chi connectivity index (χ1v) is 3.45. The molecule has 0 aromatic carbocycles. The van der Waals surface area contributed by atoms with Crippen molar-refractivity contribution in [3.8, 4) is 0 Å². The largest absolute Gasteiger partial charge is 0.394 e. The first-order valence-electron chi connectivity index (χ1n) is 2.93. The Kier molecular flexibility index (Phi) is 2.04. The molecular formula is C5H10NO2P. The minimum Gasteiger partial charge on any atom is -0.394 e. The number of carbonyl (C=O) groups excluding carboxylic acids is 1. The van der Waals surface area contributed by atoms with Crippen molar-refractivity contribution in [3.05, 3.63) is 0 Å². The molecule has 2 atom stereocenters. The van der Waals surface area contributed by atoms with Crippen LogP contribution in [0.2, 0.25) is 0 Å². The Morgan fingerprint density at radius 1 is 1.89 bits per heavy atom. The highest BCUT2D eigenvalue weighted by molar-refractivity contribution is 7.14. The zero-order valence-corrected chi connectivity index (χ0v) is 6.23. The fourth-order valence-electron chi connectivity index (χ4n) is 0.941. The van der Waals surface area contributed by atoms with E-state index in [1.807, 2.05) is 0 Å². The second-order valence-electron chi connectivity index (χ2n) is 2.18. The van der Waals surface area contributed by atoms with Crippen LogP contribution in [0, 0.1) is 0 Å². The summed E-state index contributed by atoms with van der Waals surface area (Å²) in [5.74, 6) is 0.110. The monoisotopic (exact) mass is 147 g/mol. The Hall–Kier alpha value is -0.140. The van der Waals surface area contributed by atoms with E-state index in [4.69, 9.17) is 5.11 Å². The van der Waals surface area contributed by atoms with Gasteiger partial charge in [0.1, 0.15) is 0 Å². The number of aliphatic hydroxyl groups excluding tert-OH is 1. The number of amides is 1. The Labute approximate surface area is 56.3 Å². The van der Waals surface area contributed by atoms with Crippen LogP contribution in [0.5, 0.6) is 0 Å². The SMILES string of the molecule is O=C1CCC(CO)N1P. The molecular weight excluding hydrogens is 137 g/mol. The van der Waals surface area contributed by atoms with Crippen molar-refractivity contribution in [1.82, 2.24) is 4.67 Å². The first kappa shape index (κ1) is 6.97. The maximum Gasteiger partial charge on any atom is 0.225 e. The number of nitrogens with zero attached hydrogens (tertiary/aromatic N) is 1. The van der Waals surface area contributed by atoms with E-state index in [9.17, 15) is 4.79 Å². The Balaban J connectivity index is 2.51. The van der Waals surface area contributed by atoms with Gasteiger partial charge in [-0.15, -0.1) is 0 Å². The summed E-state index contributed by atoms with van der Waals surface area (Å²) in [7, 11) is 2.32. The van der Waals surface area contributed by atoms with Gasteiger partial charge in [0.15, 0.2) is 0 Å². The van der Waals surface area contributed by atoms with E-state index in [-0.39, 0.29) is 18.6 Å². The molecule has 1 aliphatic rings. The number of rotatable bonds is 1. The molecule has 1 heterocycles. The summed E-state index contributed by atoms with van der Waals surface area (Å²) < 4.78 is 1.53. The fourth-order valence-corrected chi connectivity index (χ4v) is 1.31. The van der Waals surface area contributed by atoms with Crippen molar-refractivity contribution >= 4 is 15.3 Å². The predicted octanol–water partition coefficient (Wildman–Crippen LogP) is -0.240. The number of aliphatic hydroxyl groups is 1. The van der Waals surface area contributed by atoms with Crippen LogP contribution in [0.3, 0.4) is 0 Å². The first-order chi connectivity index (χ1) is 4.25. The summed E-state index contributed by atoms with van der Waals surface area (Å²) in [4.78, 5) is 10.7. The van der Waals surface area contributed by atoms with Crippen LogP contribution in [0.15, 0.2) is 0 Å². The van der Waals surface area contributed by atoms with E-state index in [2.05, 4.69) is 9.39 Å². The van der Waals surface area contributed by atoms with Crippen molar-refractivity contribution in [2.75, 3.05) is 6.61 Å². The minimum atomic E-state index is 0.0440. The van der Waals surface area contributed by atoms with Crippen LogP contribution in [0.25, 0.3) is 0 Å². The van der Waals surface area contributed by atoms with Crippen molar-refractivity contribution in [1.29, 1.82) is 0 Å². The zero-order valence-electron chi connectivity index (χ0n) is 5.08. The molecule has 1 fully saturated rings. The highest BCUT2D eigenvalue weighted by atomic mass is 31.0. The summed E-state index contributed by atoms with van der Waals surface area (Å²) in [6.45, 7) is 0.0786. The second-order valence-corrected chi connectivity index (χ2v) is 2.73. The van der Waals surface area contributed by atoms with Crippen LogP contribution in [0.4, 0.5) is 0 Å². The lowest BCUT2D eigenvalue weighted by Gasteiger charge is -2.15. The van der Waals surface area contributed by atoms with E-state index in [1.54, 1.807) is 0 Å². The number of carbonyl (C=O) groups is 1. The molecule has 52 valence electrons. The standard InChI is InChI=1S/C5H10NO2P/c7-3-4-1-2-5(8)6(4)9/h4,7H,1-3,9H2. The van der Waals surface area contributed by atoms with Crippen LogP contribution in [0.1, 0.15) is 12.8 Å². The van der Waals surface area contributed by atoms with Crippen LogP contribution in [-0.4, -0.2) is 28.3 Å². The molecule has 1 rings (SSSR count). The maximum absolute atomic E-state index is 10.7.